The van der Waals surface area contributed by atoms with Crippen LogP contribution in [-0.2, 0) is 12.3 Å². The van der Waals surface area contributed by atoms with Gasteiger partial charge < -0.3 is 10.1 Å². The Kier molecular flexibility index (Phi) is 7.00. The van der Waals surface area contributed by atoms with E-state index < -0.39 is 6.61 Å². The molecule has 1 aromatic heterocycles. The van der Waals surface area contributed by atoms with Gasteiger partial charge in [0.25, 0.3) is 5.91 Å². The Hall–Kier alpha value is -2.45. The SMILES string of the molecule is Cc1nc(CSc2ccc(C(=O)NCc3ccc(OC(F)F)cc3)cc2)cs1. The fourth-order valence-electron chi connectivity index (χ4n) is 2.41. The summed E-state index contributed by atoms with van der Waals surface area (Å²) in [6.07, 6.45) is 0. The molecule has 3 rings (SSSR count). The van der Waals surface area contributed by atoms with E-state index in [1.807, 2.05) is 19.1 Å². The molecule has 0 fully saturated rings. The second kappa shape index (κ2) is 9.66. The molecule has 0 radical (unpaired) electrons. The van der Waals surface area contributed by atoms with E-state index in [1.165, 1.54) is 12.1 Å². The maximum atomic E-state index is 12.3. The number of thiazole rings is 1. The fourth-order valence-corrected chi connectivity index (χ4v) is 3.92. The zero-order chi connectivity index (χ0) is 19.9. The maximum Gasteiger partial charge on any atom is 0.387 e. The lowest BCUT2D eigenvalue weighted by Crippen LogP contribution is -2.22. The van der Waals surface area contributed by atoms with Crippen molar-refractivity contribution in [3.8, 4) is 5.75 Å². The van der Waals surface area contributed by atoms with Crippen LogP contribution in [0.4, 0.5) is 8.78 Å². The van der Waals surface area contributed by atoms with Gasteiger partial charge in [0, 0.05) is 28.1 Å². The molecule has 0 unspecified atom stereocenters. The van der Waals surface area contributed by atoms with Crippen molar-refractivity contribution >= 4 is 29.0 Å². The molecule has 0 aliphatic heterocycles. The van der Waals surface area contributed by atoms with Crippen LogP contribution in [0.15, 0.2) is 58.8 Å². The molecule has 3 aromatic rings. The number of carbonyl (C=O) groups excluding carboxylic acids is 1. The molecule has 4 nitrogen and oxygen atoms in total. The van der Waals surface area contributed by atoms with E-state index in [4.69, 9.17) is 0 Å². The molecule has 1 heterocycles. The third-order valence-corrected chi connectivity index (χ3v) is 5.64. The van der Waals surface area contributed by atoms with Gasteiger partial charge in [0.2, 0.25) is 0 Å². The van der Waals surface area contributed by atoms with E-state index in [0.29, 0.717) is 12.1 Å². The molecule has 0 aliphatic carbocycles. The Bertz CT molecular complexity index is 913. The summed E-state index contributed by atoms with van der Waals surface area (Å²) in [5, 5.41) is 5.92. The molecule has 28 heavy (non-hydrogen) atoms. The van der Waals surface area contributed by atoms with Crippen LogP contribution in [0.5, 0.6) is 5.75 Å². The van der Waals surface area contributed by atoms with E-state index in [-0.39, 0.29) is 11.7 Å². The van der Waals surface area contributed by atoms with Crippen molar-refractivity contribution in [2.45, 2.75) is 30.7 Å². The number of rotatable bonds is 8. The van der Waals surface area contributed by atoms with Gasteiger partial charge in [-0.15, -0.1) is 23.1 Å². The fraction of sp³-hybridized carbons (Fsp3) is 0.200. The summed E-state index contributed by atoms with van der Waals surface area (Å²) in [5.41, 5.74) is 2.41. The van der Waals surface area contributed by atoms with Gasteiger partial charge in [-0.2, -0.15) is 8.78 Å². The second-order valence-corrected chi connectivity index (χ2v) is 7.99. The van der Waals surface area contributed by atoms with Crippen molar-refractivity contribution in [2.24, 2.45) is 0 Å². The molecule has 8 heteroatoms. The first-order chi connectivity index (χ1) is 13.5. The monoisotopic (exact) mass is 420 g/mol. The van der Waals surface area contributed by atoms with Crippen molar-refractivity contribution in [1.82, 2.24) is 10.3 Å². The molecule has 1 N–H and O–H groups in total. The van der Waals surface area contributed by atoms with Gasteiger partial charge in [0.15, 0.2) is 0 Å². The van der Waals surface area contributed by atoms with E-state index in [9.17, 15) is 13.6 Å². The highest BCUT2D eigenvalue weighted by Gasteiger charge is 2.07. The Morgan fingerprint density at radius 1 is 1.18 bits per heavy atom. The average molecular weight is 421 g/mol. The molecule has 0 bridgehead atoms. The molecule has 1 amide bonds. The number of thioether (sulfide) groups is 1. The van der Waals surface area contributed by atoms with Gasteiger partial charge in [-0.25, -0.2) is 4.98 Å². The van der Waals surface area contributed by atoms with Gasteiger partial charge in [-0.3, -0.25) is 4.79 Å². The Labute approximate surface area is 170 Å². The number of aryl methyl sites for hydroxylation is 1. The summed E-state index contributed by atoms with van der Waals surface area (Å²) in [4.78, 5) is 17.8. The maximum absolute atomic E-state index is 12.3. The average Bonchev–Trinajstić information content (AvgIpc) is 3.11. The number of ether oxygens (including phenoxy) is 1. The van der Waals surface area contributed by atoms with Crippen molar-refractivity contribution < 1.29 is 18.3 Å². The molecule has 0 aliphatic rings. The lowest BCUT2D eigenvalue weighted by Gasteiger charge is -2.08. The van der Waals surface area contributed by atoms with Crippen LogP contribution in [0.2, 0.25) is 0 Å². The van der Waals surface area contributed by atoms with E-state index in [2.05, 4.69) is 20.4 Å². The van der Waals surface area contributed by atoms with Gasteiger partial charge in [0.05, 0.1) is 10.7 Å². The number of nitrogens with zero attached hydrogens (tertiary/aromatic N) is 1. The summed E-state index contributed by atoms with van der Waals surface area (Å²) >= 11 is 3.31. The summed E-state index contributed by atoms with van der Waals surface area (Å²) in [6.45, 7) is -0.567. The van der Waals surface area contributed by atoms with Gasteiger partial charge >= 0.3 is 6.61 Å². The van der Waals surface area contributed by atoms with Gasteiger partial charge in [-0.05, 0) is 48.9 Å². The minimum Gasteiger partial charge on any atom is -0.435 e. The van der Waals surface area contributed by atoms with Gasteiger partial charge in [0.1, 0.15) is 5.75 Å². The number of hydrogen-bond donors (Lipinski definition) is 1. The lowest BCUT2D eigenvalue weighted by atomic mass is 10.2. The van der Waals surface area contributed by atoms with Crippen LogP contribution in [0.3, 0.4) is 0 Å². The van der Waals surface area contributed by atoms with Crippen molar-refractivity contribution in [3.05, 3.63) is 75.7 Å². The number of benzene rings is 2. The molecule has 146 valence electrons. The standard InChI is InChI=1S/C20H18F2N2O2S2/c1-13-24-16(11-27-13)12-28-18-8-4-15(5-9-18)19(25)23-10-14-2-6-17(7-3-14)26-20(21)22/h2-9,11,20H,10,12H2,1H3,(H,23,25). The largest absolute Gasteiger partial charge is 0.435 e. The van der Waals surface area contributed by atoms with Crippen LogP contribution >= 0.6 is 23.1 Å². The van der Waals surface area contributed by atoms with Crippen LogP contribution in [0.25, 0.3) is 0 Å². The number of amides is 1. The number of hydrogen-bond acceptors (Lipinski definition) is 5. The quantitative estimate of drug-likeness (QED) is 0.504. The predicted octanol–water partition coefficient (Wildman–Crippen LogP) is 5.28. The molecule has 0 saturated carbocycles. The molecular weight excluding hydrogens is 402 g/mol. The molecule has 2 aromatic carbocycles. The minimum atomic E-state index is -2.85. The Balaban J connectivity index is 1.48. The van der Waals surface area contributed by atoms with Crippen LogP contribution < -0.4 is 10.1 Å². The Morgan fingerprint density at radius 3 is 2.50 bits per heavy atom. The number of carbonyl (C=O) groups is 1. The zero-order valence-electron chi connectivity index (χ0n) is 15.0. The molecule has 0 atom stereocenters. The summed E-state index contributed by atoms with van der Waals surface area (Å²) in [6, 6.07) is 13.6. The highest BCUT2D eigenvalue weighted by molar-refractivity contribution is 7.98. The molecule has 0 spiro atoms. The van der Waals surface area contributed by atoms with Crippen LogP contribution in [0, 0.1) is 6.92 Å². The van der Waals surface area contributed by atoms with Crippen molar-refractivity contribution in [3.63, 3.8) is 0 Å². The molecule has 0 saturated heterocycles. The van der Waals surface area contributed by atoms with E-state index in [0.717, 1.165) is 26.9 Å². The third kappa shape index (κ3) is 6.03. The first kappa shape index (κ1) is 20.3. The summed E-state index contributed by atoms with van der Waals surface area (Å²) < 4.78 is 28.6. The smallest absolute Gasteiger partial charge is 0.387 e. The van der Waals surface area contributed by atoms with Crippen molar-refractivity contribution in [1.29, 1.82) is 0 Å². The topological polar surface area (TPSA) is 51.2 Å². The number of halogens is 2. The molecular formula is C20H18F2N2O2S2. The lowest BCUT2D eigenvalue weighted by molar-refractivity contribution is -0.0498. The number of aromatic nitrogens is 1. The predicted molar refractivity (Wildman–Crippen MR) is 107 cm³/mol. The number of nitrogens with one attached hydrogen (secondary N) is 1. The Morgan fingerprint density at radius 2 is 1.89 bits per heavy atom. The number of alkyl halides is 2. The van der Waals surface area contributed by atoms with E-state index >= 15 is 0 Å². The highest BCUT2D eigenvalue weighted by Crippen LogP contribution is 2.24. The third-order valence-electron chi connectivity index (χ3n) is 3.77. The van der Waals surface area contributed by atoms with Crippen LogP contribution in [0.1, 0.15) is 26.6 Å². The van der Waals surface area contributed by atoms with E-state index in [1.54, 1.807) is 47.4 Å². The second-order valence-electron chi connectivity index (χ2n) is 5.88. The zero-order valence-corrected chi connectivity index (χ0v) is 16.7. The normalized spacial score (nSPS) is 10.9. The van der Waals surface area contributed by atoms with Crippen LogP contribution in [-0.4, -0.2) is 17.5 Å². The summed E-state index contributed by atoms with van der Waals surface area (Å²) in [5.74, 6) is 0.687. The summed E-state index contributed by atoms with van der Waals surface area (Å²) in [7, 11) is 0. The first-order valence-electron chi connectivity index (χ1n) is 8.45. The van der Waals surface area contributed by atoms with Gasteiger partial charge in [-0.1, -0.05) is 12.1 Å². The first-order valence-corrected chi connectivity index (χ1v) is 10.3. The minimum absolute atomic E-state index is 0.0889. The highest BCUT2D eigenvalue weighted by atomic mass is 32.2. The van der Waals surface area contributed by atoms with Crippen molar-refractivity contribution in [2.75, 3.05) is 0 Å².